The van der Waals surface area contributed by atoms with E-state index in [0.717, 1.165) is 23.9 Å². The third kappa shape index (κ3) is 5.38. The van der Waals surface area contributed by atoms with Crippen molar-refractivity contribution in [3.05, 3.63) is 82.9 Å². The van der Waals surface area contributed by atoms with Gasteiger partial charge in [-0.05, 0) is 10.8 Å². The molecule has 0 saturated heterocycles. The van der Waals surface area contributed by atoms with Crippen LogP contribution in [0.3, 0.4) is 0 Å². The van der Waals surface area contributed by atoms with Crippen LogP contribution in [0.1, 0.15) is 75.6 Å². The number of hydrogen-bond acceptors (Lipinski definition) is 0. The first-order valence-corrected chi connectivity index (χ1v) is 12.4. The summed E-state index contributed by atoms with van der Waals surface area (Å²) >= 11 is 1.06. The molecule has 4 rings (SSSR count). The van der Waals surface area contributed by atoms with Gasteiger partial charge in [-0.15, -0.1) is 23.3 Å². The molecule has 0 amide bonds. The van der Waals surface area contributed by atoms with Crippen LogP contribution in [0.2, 0.25) is 0 Å². The number of rotatable bonds is 0. The molecule has 2 aromatic carbocycles. The van der Waals surface area contributed by atoms with E-state index in [4.69, 9.17) is 0 Å². The molecule has 0 bridgehead atoms. The molecule has 0 fully saturated rings. The number of fused-ring (bicyclic) bond motifs is 2. The monoisotopic (exact) mass is 536 g/mol. The van der Waals surface area contributed by atoms with Crippen molar-refractivity contribution in [1.29, 1.82) is 0 Å². The number of benzene rings is 2. The molecule has 1 heteroatoms. The maximum absolute atomic E-state index is 3.44. The van der Waals surface area contributed by atoms with E-state index in [9.17, 15) is 0 Å². The summed E-state index contributed by atoms with van der Waals surface area (Å²) in [7, 11) is 0. The quantitative estimate of drug-likeness (QED) is 0.246. The summed E-state index contributed by atoms with van der Waals surface area (Å²) in [6, 6.07) is 17.1. The molecular formula is C27H32Hf. The van der Waals surface area contributed by atoms with Gasteiger partial charge in [-0.1, -0.05) is 89.8 Å². The minimum absolute atomic E-state index is 0.281. The van der Waals surface area contributed by atoms with Gasteiger partial charge >= 0.3 is 28.2 Å². The van der Waals surface area contributed by atoms with E-state index in [0.29, 0.717) is 11.8 Å². The zero-order chi connectivity index (χ0) is 20.9. The van der Waals surface area contributed by atoms with Crippen molar-refractivity contribution in [1.82, 2.24) is 0 Å². The second kappa shape index (κ2) is 9.44. The van der Waals surface area contributed by atoms with Gasteiger partial charge in [0.05, 0.1) is 0 Å². The third-order valence-corrected chi connectivity index (χ3v) is 5.16. The van der Waals surface area contributed by atoms with Gasteiger partial charge in [0.25, 0.3) is 0 Å². The van der Waals surface area contributed by atoms with Crippen molar-refractivity contribution in [3.63, 3.8) is 0 Å². The summed E-state index contributed by atoms with van der Waals surface area (Å²) in [5.41, 5.74) is 6.08. The molecule has 144 valence electrons. The average Bonchev–Trinajstić information content (AvgIpc) is 3.27. The van der Waals surface area contributed by atoms with Gasteiger partial charge < -0.3 is 0 Å². The number of hydrogen-bond donors (Lipinski definition) is 0. The molecule has 2 aliphatic carbocycles. The summed E-state index contributed by atoms with van der Waals surface area (Å²) in [5, 5.41) is 0. The molecule has 2 atom stereocenters. The Hall–Kier alpha value is -1.34. The van der Waals surface area contributed by atoms with Crippen molar-refractivity contribution in [2.75, 3.05) is 0 Å². The van der Waals surface area contributed by atoms with Crippen LogP contribution in [0.5, 0.6) is 0 Å². The van der Waals surface area contributed by atoms with Crippen LogP contribution in [-0.2, 0) is 23.9 Å². The fraction of sp³-hybridized carbons (Fsp3) is 0.370. The van der Waals surface area contributed by atoms with Crippen molar-refractivity contribution in [3.8, 4) is 0 Å². The van der Waals surface area contributed by atoms with E-state index in [1.807, 2.05) is 0 Å². The van der Waals surface area contributed by atoms with Crippen LogP contribution in [-0.4, -0.2) is 4.26 Å². The van der Waals surface area contributed by atoms with Crippen LogP contribution in [0.15, 0.2) is 48.5 Å². The third-order valence-electron chi connectivity index (χ3n) is 5.16. The zero-order valence-electron chi connectivity index (χ0n) is 18.1. The topological polar surface area (TPSA) is 0 Å². The molecule has 2 aromatic rings. The van der Waals surface area contributed by atoms with Crippen molar-refractivity contribution < 1.29 is 23.9 Å². The molecule has 0 saturated carbocycles. The summed E-state index contributed by atoms with van der Waals surface area (Å²) in [4.78, 5) is 0. The minimum atomic E-state index is 0.281. The fourth-order valence-electron chi connectivity index (χ4n) is 3.77. The van der Waals surface area contributed by atoms with Gasteiger partial charge in [-0.2, -0.15) is 11.1 Å². The Balaban J connectivity index is 0.000000184. The molecule has 0 aromatic heterocycles. The molecule has 28 heavy (non-hydrogen) atoms. The Morgan fingerprint density at radius 2 is 0.964 bits per heavy atom. The molecule has 0 aliphatic heterocycles. The van der Waals surface area contributed by atoms with E-state index in [-0.39, 0.29) is 10.8 Å². The van der Waals surface area contributed by atoms with E-state index in [1.165, 1.54) is 22.3 Å². The molecular weight excluding hydrogens is 503 g/mol. The summed E-state index contributed by atoms with van der Waals surface area (Å²) in [6.45, 7) is 13.6. The molecule has 0 radical (unpaired) electrons. The molecule has 0 N–H and O–H groups in total. The van der Waals surface area contributed by atoms with Crippen LogP contribution in [0.4, 0.5) is 0 Å². The Kier molecular flexibility index (Phi) is 7.73. The van der Waals surface area contributed by atoms with E-state index in [1.54, 1.807) is 0 Å². The molecule has 2 unspecified atom stereocenters. The Morgan fingerprint density at radius 3 is 1.29 bits per heavy atom. The normalized spacial score (nSPS) is 19.1. The maximum atomic E-state index is 3.44. The van der Waals surface area contributed by atoms with Gasteiger partial charge in [0, 0.05) is 0 Å². The predicted molar refractivity (Wildman–Crippen MR) is 120 cm³/mol. The van der Waals surface area contributed by atoms with E-state index < -0.39 is 0 Å². The fourth-order valence-corrected chi connectivity index (χ4v) is 3.77. The van der Waals surface area contributed by atoms with Crippen LogP contribution >= 0.6 is 0 Å². The van der Waals surface area contributed by atoms with Crippen LogP contribution in [0, 0.1) is 23.0 Å². The molecule has 0 nitrogen and oxygen atoms in total. The van der Waals surface area contributed by atoms with Crippen LogP contribution in [0.25, 0.3) is 12.2 Å². The Morgan fingerprint density at radius 1 is 0.643 bits per heavy atom. The Labute approximate surface area is 186 Å². The average molecular weight is 535 g/mol. The molecule has 0 heterocycles. The zero-order valence-corrected chi connectivity index (χ0v) is 21.7. The van der Waals surface area contributed by atoms with Gasteiger partial charge in [0.1, 0.15) is 0 Å². The first-order valence-electron chi connectivity index (χ1n) is 9.90. The molecule has 2 aliphatic rings. The van der Waals surface area contributed by atoms with Crippen molar-refractivity contribution in [2.24, 2.45) is 10.8 Å². The van der Waals surface area contributed by atoms with Gasteiger partial charge in [0.2, 0.25) is 0 Å². The standard InChI is InChI=1S/2C13H15.CH2.Hf/c2*1-13(2,3)12-9-8-10-6-4-5-7-11(10)12;;/h2*4-8,12H,1-3H3;1H2;/q2*-1;;+2. The van der Waals surface area contributed by atoms with E-state index >= 15 is 0 Å². The second-order valence-corrected chi connectivity index (χ2v) is 9.48. The van der Waals surface area contributed by atoms with Crippen LogP contribution < -0.4 is 0 Å². The SMILES string of the molecule is CC(C)(C)C1[C-]=Cc2ccccc21.CC(C)(C)C1[C-]=Cc2ccccc21.[CH2]=[Hf+2]. The van der Waals surface area contributed by atoms with Gasteiger partial charge in [0.15, 0.2) is 0 Å². The summed E-state index contributed by atoms with van der Waals surface area (Å²) in [5.74, 6) is 0.924. The van der Waals surface area contributed by atoms with Gasteiger partial charge in [-0.3, -0.25) is 12.2 Å². The summed E-state index contributed by atoms with van der Waals surface area (Å²) in [6.07, 6.45) is 11.1. The van der Waals surface area contributed by atoms with E-state index in [2.05, 4.69) is 119 Å². The Bertz CT molecular complexity index is 772. The van der Waals surface area contributed by atoms with Crippen molar-refractivity contribution >= 4 is 16.4 Å². The predicted octanol–water partition coefficient (Wildman–Crippen LogP) is 7.26. The van der Waals surface area contributed by atoms with Crippen molar-refractivity contribution in [2.45, 2.75) is 53.4 Å². The second-order valence-electron chi connectivity index (χ2n) is 9.48. The number of allylic oxidation sites excluding steroid dienone is 2. The molecule has 0 spiro atoms. The summed E-state index contributed by atoms with van der Waals surface area (Å²) < 4.78 is 3.39. The van der Waals surface area contributed by atoms with Gasteiger partial charge in [-0.25, -0.2) is 12.2 Å². The first kappa shape index (κ1) is 22.9. The first-order chi connectivity index (χ1) is 13.2.